The van der Waals surface area contributed by atoms with Crippen molar-refractivity contribution in [2.75, 3.05) is 20.3 Å². The van der Waals surface area contributed by atoms with Gasteiger partial charge in [0.1, 0.15) is 11.9 Å². The average molecular weight is 269 g/mol. The van der Waals surface area contributed by atoms with Gasteiger partial charge in [-0.05, 0) is 42.0 Å². The van der Waals surface area contributed by atoms with Gasteiger partial charge in [-0.1, -0.05) is 24.0 Å². The van der Waals surface area contributed by atoms with E-state index in [9.17, 15) is 0 Å². The van der Waals surface area contributed by atoms with Crippen molar-refractivity contribution < 1.29 is 9.47 Å². The van der Waals surface area contributed by atoms with Crippen LogP contribution in [0.2, 0.25) is 0 Å². The summed E-state index contributed by atoms with van der Waals surface area (Å²) in [6.45, 7) is 2.94. The van der Waals surface area contributed by atoms with Gasteiger partial charge in [-0.25, -0.2) is 0 Å². The van der Waals surface area contributed by atoms with Crippen LogP contribution in [0.25, 0.3) is 10.8 Å². The topological polar surface area (TPSA) is 44.5 Å². The molecule has 20 heavy (non-hydrogen) atoms. The van der Waals surface area contributed by atoms with E-state index in [0.717, 1.165) is 22.1 Å². The van der Waals surface area contributed by atoms with E-state index in [-0.39, 0.29) is 6.10 Å². The van der Waals surface area contributed by atoms with Gasteiger partial charge in [0.2, 0.25) is 0 Å². The lowest BCUT2D eigenvalue weighted by Crippen LogP contribution is -2.17. The van der Waals surface area contributed by atoms with Gasteiger partial charge in [0.05, 0.1) is 13.2 Å². The summed E-state index contributed by atoms with van der Waals surface area (Å²) in [5.74, 6) is 6.75. The molecule has 1 unspecified atom stereocenters. The number of hydrogen-bond acceptors (Lipinski definition) is 3. The summed E-state index contributed by atoms with van der Waals surface area (Å²) in [4.78, 5) is 0. The maximum absolute atomic E-state index is 5.79. The Morgan fingerprint density at radius 2 is 1.90 bits per heavy atom. The second kappa shape index (κ2) is 6.95. The third kappa shape index (κ3) is 3.74. The van der Waals surface area contributed by atoms with E-state index in [1.807, 2.05) is 37.3 Å². The lowest BCUT2D eigenvalue weighted by Gasteiger charge is -2.14. The Balaban J connectivity index is 2.22. The summed E-state index contributed by atoms with van der Waals surface area (Å²) in [6.07, 6.45) is 0.0344. The maximum atomic E-state index is 5.79. The standard InChI is InChI=1S/C17H19NO2/c1-13(12-19-2)20-17-8-7-15-10-14(4-3-9-18)5-6-16(15)11-17/h5-8,10-11,13H,9,12,18H2,1-2H3. The first kappa shape index (κ1) is 14.4. The Morgan fingerprint density at radius 1 is 1.15 bits per heavy atom. The van der Waals surface area contributed by atoms with Crippen LogP contribution in [0.4, 0.5) is 0 Å². The van der Waals surface area contributed by atoms with Crippen LogP contribution < -0.4 is 10.5 Å². The molecule has 0 saturated carbocycles. The van der Waals surface area contributed by atoms with E-state index in [0.29, 0.717) is 13.2 Å². The van der Waals surface area contributed by atoms with Crippen molar-refractivity contribution in [1.29, 1.82) is 0 Å². The molecule has 0 bridgehead atoms. The first-order valence-corrected chi connectivity index (χ1v) is 6.61. The molecule has 2 N–H and O–H groups in total. The molecule has 0 saturated heterocycles. The van der Waals surface area contributed by atoms with Crippen LogP contribution in [0.5, 0.6) is 5.75 Å². The Bertz CT molecular complexity index is 640. The molecule has 0 spiro atoms. The van der Waals surface area contributed by atoms with Crippen molar-refractivity contribution >= 4 is 10.8 Å². The largest absolute Gasteiger partial charge is 0.488 e. The molecule has 2 aromatic carbocycles. The molecule has 0 aromatic heterocycles. The Kier molecular flexibility index (Phi) is 5.00. The molecule has 0 amide bonds. The van der Waals surface area contributed by atoms with E-state index >= 15 is 0 Å². The molecule has 0 heterocycles. The van der Waals surface area contributed by atoms with E-state index < -0.39 is 0 Å². The smallest absolute Gasteiger partial charge is 0.120 e. The van der Waals surface area contributed by atoms with Gasteiger partial charge < -0.3 is 15.2 Å². The maximum Gasteiger partial charge on any atom is 0.120 e. The number of ether oxygens (including phenoxy) is 2. The zero-order valence-corrected chi connectivity index (χ0v) is 11.8. The fraction of sp³-hybridized carbons (Fsp3) is 0.294. The van der Waals surface area contributed by atoms with Crippen LogP contribution in [0.3, 0.4) is 0 Å². The highest BCUT2D eigenvalue weighted by Gasteiger charge is 2.04. The Labute approximate surface area is 119 Å². The molecule has 2 aromatic rings. The summed E-state index contributed by atoms with van der Waals surface area (Å²) in [5, 5.41) is 2.27. The lowest BCUT2D eigenvalue weighted by molar-refractivity contribution is 0.0922. The predicted molar refractivity (Wildman–Crippen MR) is 81.8 cm³/mol. The molecule has 2 rings (SSSR count). The van der Waals surface area contributed by atoms with Crippen LogP contribution in [-0.4, -0.2) is 26.4 Å². The van der Waals surface area contributed by atoms with Gasteiger partial charge in [-0.15, -0.1) is 0 Å². The zero-order valence-electron chi connectivity index (χ0n) is 11.8. The van der Waals surface area contributed by atoms with E-state index in [1.54, 1.807) is 7.11 Å². The van der Waals surface area contributed by atoms with Crippen molar-refractivity contribution in [3.8, 4) is 17.6 Å². The number of hydrogen-bond donors (Lipinski definition) is 1. The first-order chi connectivity index (χ1) is 9.72. The number of rotatable bonds is 4. The molecule has 0 fully saturated rings. The summed E-state index contributed by atoms with van der Waals surface area (Å²) < 4.78 is 10.9. The van der Waals surface area contributed by atoms with Crippen LogP contribution >= 0.6 is 0 Å². The fourth-order valence-corrected chi connectivity index (χ4v) is 2.03. The van der Waals surface area contributed by atoms with Crippen molar-refractivity contribution in [3.05, 3.63) is 42.0 Å². The second-order valence-electron chi connectivity index (χ2n) is 4.61. The monoisotopic (exact) mass is 269 g/mol. The second-order valence-corrected chi connectivity index (χ2v) is 4.61. The zero-order chi connectivity index (χ0) is 14.4. The molecular weight excluding hydrogens is 250 g/mol. The molecule has 0 aliphatic carbocycles. The SMILES string of the molecule is COCC(C)Oc1ccc2cc(C#CCN)ccc2c1. The van der Waals surface area contributed by atoms with E-state index in [4.69, 9.17) is 15.2 Å². The summed E-state index contributed by atoms with van der Waals surface area (Å²) >= 11 is 0. The highest BCUT2D eigenvalue weighted by molar-refractivity contribution is 5.85. The molecule has 0 aliphatic rings. The minimum atomic E-state index is 0.0344. The number of nitrogens with two attached hydrogens (primary N) is 1. The van der Waals surface area contributed by atoms with Crippen molar-refractivity contribution in [2.24, 2.45) is 5.73 Å². The molecular formula is C17H19NO2. The van der Waals surface area contributed by atoms with Crippen LogP contribution in [0.15, 0.2) is 36.4 Å². The third-order valence-electron chi connectivity index (χ3n) is 2.89. The van der Waals surface area contributed by atoms with Crippen LogP contribution in [0.1, 0.15) is 12.5 Å². The van der Waals surface area contributed by atoms with Crippen molar-refractivity contribution in [3.63, 3.8) is 0 Å². The van der Waals surface area contributed by atoms with Crippen molar-refractivity contribution in [2.45, 2.75) is 13.0 Å². The summed E-state index contributed by atoms with van der Waals surface area (Å²) in [7, 11) is 1.67. The number of fused-ring (bicyclic) bond motifs is 1. The lowest BCUT2D eigenvalue weighted by atomic mass is 10.1. The first-order valence-electron chi connectivity index (χ1n) is 6.61. The Hall–Kier alpha value is -2.02. The van der Waals surface area contributed by atoms with Crippen LogP contribution in [0, 0.1) is 11.8 Å². The average Bonchev–Trinajstić information content (AvgIpc) is 2.45. The van der Waals surface area contributed by atoms with E-state index in [1.165, 1.54) is 0 Å². The highest BCUT2D eigenvalue weighted by atomic mass is 16.5. The number of benzene rings is 2. The molecule has 3 heteroatoms. The molecule has 0 aliphatic heterocycles. The van der Waals surface area contributed by atoms with Gasteiger partial charge in [-0.2, -0.15) is 0 Å². The van der Waals surface area contributed by atoms with Gasteiger partial charge in [0.15, 0.2) is 0 Å². The quantitative estimate of drug-likeness (QED) is 0.868. The third-order valence-corrected chi connectivity index (χ3v) is 2.89. The van der Waals surface area contributed by atoms with Gasteiger partial charge in [-0.3, -0.25) is 0 Å². The van der Waals surface area contributed by atoms with Crippen molar-refractivity contribution in [1.82, 2.24) is 0 Å². The van der Waals surface area contributed by atoms with Gasteiger partial charge >= 0.3 is 0 Å². The van der Waals surface area contributed by atoms with Gasteiger partial charge in [0, 0.05) is 12.7 Å². The fourth-order valence-electron chi connectivity index (χ4n) is 2.03. The highest BCUT2D eigenvalue weighted by Crippen LogP contribution is 2.22. The number of methoxy groups -OCH3 is 1. The Morgan fingerprint density at radius 3 is 2.65 bits per heavy atom. The normalized spacial score (nSPS) is 11.8. The summed E-state index contributed by atoms with van der Waals surface area (Å²) in [5.41, 5.74) is 6.36. The molecule has 104 valence electrons. The van der Waals surface area contributed by atoms with E-state index in [2.05, 4.69) is 17.9 Å². The molecule has 3 nitrogen and oxygen atoms in total. The molecule has 0 radical (unpaired) electrons. The van der Waals surface area contributed by atoms with Gasteiger partial charge in [0.25, 0.3) is 0 Å². The minimum absolute atomic E-state index is 0.0344. The predicted octanol–water partition coefficient (Wildman–Crippen LogP) is 2.56. The summed E-state index contributed by atoms with van der Waals surface area (Å²) in [6, 6.07) is 12.1. The minimum Gasteiger partial charge on any atom is -0.488 e. The van der Waals surface area contributed by atoms with Crippen LogP contribution in [-0.2, 0) is 4.74 Å². The molecule has 1 atom stereocenters.